The SMILES string of the molecule is Cn1cc(CNc2ccc(Cl)c(F)c2)c(-c2ccncc2)n1. The molecule has 0 bridgehead atoms. The molecule has 2 aromatic heterocycles. The van der Waals surface area contributed by atoms with Gasteiger partial charge >= 0.3 is 0 Å². The van der Waals surface area contributed by atoms with Gasteiger partial charge < -0.3 is 5.32 Å². The molecular weight excluding hydrogens is 303 g/mol. The summed E-state index contributed by atoms with van der Waals surface area (Å²) >= 11 is 5.68. The van der Waals surface area contributed by atoms with Crippen LogP contribution in [0.25, 0.3) is 11.3 Å². The molecule has 0 saturated heterocycles. The van der Waals surface area contributed by atoms with Crippen molar-refractivity contribution in [3.63, 3.8) is 0 Å². The molecule has 0 aliphatic carbocycles. The topological polar surface area (TPSA) is 42.7 Å². The van der Waals surface area contributed by atoms with Crippen LogP contribution in [0, 0.1) is 5.82 Å². The third kappa shape index (κ3) is 3.09. The Balaban J connectivity index is 1.82. The standard InChI is InChI=1S/C16H14ClFN4/c1-22-10-12(16(21-22)11-4-6-19-7-5-11)9-20-13-2-3-14(17)15(18)8-13/h2-8,10,20H,9H2,1H3. The second-order valence-electron chi connectivity index (χ2n) is 4.89. The summed E-state index contributed by atoms with van der Waals surface area (Å²) < 4.78 is 15.2. The number of anilines is 1. The van der Waals surface area contributed by atoms with Gasteiger partial charge in [0.1, 0.15) is 5.82 Å². The second-order valence-corrected chi connectivity index (χ2v) is 5.30. The Hall–Kier alpha value is -2.40. The number of nitrogens with zero attached hydrogens (tertiary/aromatic N) is 3. The fourth-order valence-electron chi connectivity index (χ4n) is 2.22. The first kappa shape index (κ1) is 14.5. The summed E-state index contributed by atoms with van der Waals surface area (Å²) in [7, 11) is 1.87. The Labute approximate surface area is 132 Å². The molecule has 0 radical (unpaired) electrons. The maximum absolute atomic E-state index is 13.5. The third-order valence-electron chi connectivity index (χ3n) is 3.26. The largest absolute Gasteiger partial charge is 0.381 e. The van der Waals surface area contributed by atoms with E-state index in [9.17, 15) is 4.39 Å². The lowest BCUT2D eigenvalue weighted by atomic mass is 10.1. The number of aryl methyl sites for hydroxylation is 1. The fourth-order valence-corrected chi connectivity index (χ4v) is 2.34. The zero-order chi connectivity index (χ0) is 15.5. The van der Waals surface area contributed by atoms with Gasteiger partial charge in [0.25, 0.3) is 0 Å². The van der Waals surface area contributed by atoms with Gasteiger partial charge in [0.2, 0.25) is 0 Å². The van der Waals surface area contributed by atoms with Crippen LogP contribution >= 0.6 is 11.6 Å². The molecule has 0 spiro atoms. The van der Waals surface area contributed by atoms with Crippen LogP contribution in [0.15, 0.2) is 48.9 Å². The molecule has 0 saturated carbocycles. The van der Waals surface area contributed by atoms with E-state index in [0.717, 1.165) is 16.8 Å². The molecule has 0 amide bonds. The van der Waals surface area contributed by atoms with Crippen molar-refractivity contribution in [2.75, 3.05) is 5.32 Å². The highest BCUT2D eigenvalue weighted by Gasteiger charge is 2.10. The van der Waals surface area contributed by atoms with Crippen LogP contribution in [0.1, 0.15) is 5.56 Å². The number of benzene rings is 1. The summed E-state index contributed by atoms with van der Waals surface area (Å²) in [5, 5.41) is 7.78. The van der Waals surface area contributed by atoms with Crippen LogP contribution < -0.4 is 5.32 Å². The van der Waals surface area contributed by atoms with Crippen molar-refractivity contribution >= 4 is 17.3 Å². The van der Waals surface area contributed by atoms with Crippen LogP contribution in [0.2, 0.25) is 5.02 Å². The van der Waals surface area contributed by atoms with E-state index < -0.39 is 5.82 Å². The molecule has 22 heavy (non-hydrogen) atoms. The monoisotopic (exact) mass is 316 g/mol. The smallest absolute Gasteiger partial charge is 0.143 e. The van der Waals surface area contributed by atoms with Gasteiger partial charge in [0, 0.05) is 49.0 Å². The van der Waals surface area contributed by atoms with Crippen molar-refractivity contribution in [2.24, 2.45) is 7.05 Å². The molecule has 2 heterocycles. The lowest BCUT2D eigenvalue weighted by Gasteiger charge is -2.07. The Morgan fingerprint density at radius 3 is 2.73 bits per heavy atom. The summed E-state index contributed by atoms with van der Waals surface area (Å²) in [6.45, 7) is 0.534. The lowest BCUT2D eigenvalue weighted by Crippen LogP contribution is -2.00. The van der Waals surface area contributed by atoms with Gasteiger partial charge in [-0.1, -0.05) is 11.6 Å². The van der Waals surface area contributed by atoms with E-state index in [2.05, 4.69) is 15.4 Å². The molecule has 0 aliphatic rings. The summed E-state index contributed by atoms with van der Waals surface area (Å²) in [5.41, 5.74) is 3.57. The van der Waals surface area contributed by atoms with E-state index in [0.29, 0.717) is 12.2 Å². The highest BCUT2D eigenvalue weighted by molar-refractivity contribution is 6.30. The molecule has 4 nitrogen and oxygen atoms in total. The first-order valence-corrected chi connectivity index (χ1v) is 7.13. The number of hydrogen-bond acceptors (Lipinski definition) is 3. The minimum absolute atomic E-state index is 0.115. The molecule has 3 aromatic rings. The van der Waals surface area contributed by atoms with Gasteiger partial charge in [0.05, 0.1) is 10.7 Å². The Bertz CT molecular complexity index is 786. The van der Waals surface area contributed by atoms with Crippen molar-refractivity contribution in [2.45, 2.75) is 6.54 Å². The molecule has 0 aliphatic heterocycles. The van der Waals surface area contributed by atoms with Crippen molar-refractivity contribution in [3.8, 4) is 11.3 Å². The Kier molecular flexibility index (Phi) is 4.06. The number of pyridine rings is 1. The lowest BCUT2D eigenvalue weighted by molar-refractivity contribution is 0.628. The van der Waals surface area contributed by atoms with Crippen LogP contribution in [0.5, 0.6) is 0 Å². The molecule has 3 rings (SSSR count). The maximum Gasteiger partial charge on any atom is 0.143 e. The predicted octanol–water partition coefficient (Wildman–Crippen LogP) is 3.89. The first-order chi connectivity index (χ1) is 10.6. The van der Waals surface area contributed by atoms with Crippen molar-refractivity contribution in [3.05, 3.63) is 65.3 Å². The summed E-state index contributed by atoms with van der Waals surface area (Å²) in [6.07, 6.45) is 5.40. The quantitative estimate of drug-likeness (QED) is 0.794. The van der Waals surface area contributed by atoms with Gasteiger partial charge in [-0.3, -0.25) is 9.67 Å². The van der Waals surface area contributed by atoms with E-state index in [1.807, 2.05) is 25.4 Å². The van der Waals surface area contributed by atoms with Crippen molar-refractivity contribution in [1.82, 2.24) is 14.8 Å². The molecule has 0 unspecified atom stereocenters. The fraction of sp³-hybridized carbons (Fsp3) is 0.125. The third-order valence-corrected chi connectivity index (χ3v) is 3.57. The number of hydrogen-bond donors (Lipinski definition) is 1. The average Bonchev–Trinajstić information content (AvgIpc) is 2.90. The van der Waals surface area contributed by atoms with Crippen LogP contribution in [-0.2, 0) is 13.6 Å². The van der Waals surface area contributed by atoms with E-state index in [1.165, 1.54) is 12.1 Å². The van der Waals surface area contributed by atoms with Gasteiger partial charge in [-0.25, -0.2) is 4.39 Å². The predicted molar refractivity (Wildman–Crippen MR) is 85.2 cm³/mol. The summed E-state index contributed by atoms with van der Waals surface area (Å²) in [5.74, 6) is -0.438. The van der Waals surface area contributed by atoms with Gasteiger partial charge in [0.15, 0.2) is 0 Å². The van der Waals surface area contributed by atoms with Crippen LogP contribution in [0.3, 0.4) is 0 Å². The Morgan fingerprint density at radius 1 is 1.23 bits per heavy atom. The Morgan fingerprint density at radius 2 is 2.00 bits per heavy atom. The minimum Gasteiger partial charge on any atom is -0.381 e. The number of aromatic nitrogens is 3. The van der Waals surface area contributed by atoms with Gasteiger partial charge in [-0.15, -0.1) is 0 Å². The average molecular weight is 317 g/mol. The number of rotatable bonds is 4. The molecule has 0 fully saturated rings. The van der Waals surface area contributed by atoms with Crippen LogP contribution in [-0.4, -0.2) is 14.8 Å². The van der Waals surface area contributed by atoms with Gasteiger partial charge in [-0.2, -0.15) is 5.10 Å². The highest BCUT2D eigenvalue weighted by Crippen LogP contribution is 2.23. The normalized spacial score (nSPS) is 10.7. The molecule has 112 valence electrons. The molecule has 1 N–H and O–H groups in total. The van der Waals surface area contributed by atoms with E-state index in [4.69, 9.17) is 11.6 Å². The van der Waals surface area contributed by atoms with Crippen molar-refractivity contribution in [1.29, 1.82) is 0 Å². The zero-order valence-electron chi connectivity index (χ0n) is 11.9. The summed E-state index contributed by atoms with van der Waals surface area (Å²) in [4.78, 5) is 4.01. The summed E-state index contributed by atoms with van der Waals surface area (Å²) in [6, 6.07) is 8.48. The first-order valence-electron chi connectivity index (χ1n) is 6.75. The zero-order valence-corrected chi connectivity index (χ0v) is 12.7. The van der Waals surface area contributed by atoms with Crippen LogP contribution in [0.4, 0.5) is 10.1 Å². The van der Waals surface area contributed by atoms with Gasteiger partial charge in [-0.05, 0) is 30.3 Å². The van der Waals surface area contributed by atoms with E-state index in [-0.39, 0.29) is 5.02 Å². The number of nitrogens with one attached hydrogen (secondary N) is 1. The molecule has 1 aromatic carbocycles. The maximum atomic E-state index is 13.5. The van der Waals surface area contributed by atoms with E-state index >= 15 is 0 Å². The number of halogens is 2. The minimum atomic E-state index is -0.438. The van der Waals surface area contributed by atoms with E-state index in [1.54, 1.807) is 23.1 Å². The second kappa shape index (κ2) is 6.15. The highest BCUT2D eigenvalue weighted by atomic mass is 35.5. The molecule has 6 heteroatoms. The van der Waals surface area contributed by atoms with Crippen molar-refractivity contribution < 1.29 is 4.39 Å². The molecule has 0 atom stereocenters. The molecular formula is C16H14ClFN4.